The van der Waals surface area contributed by atoms with Gasteiger partial charge in [0.15, 0.2) is 5.92 Å². The van der Waals surface area contributed by atoms with E-state index in [1.165, 1.54) is 0 Å². The van der Waals surface area contributed by atoms with Crippen LogP contribution in [0.5, 0.6) is 0 Å². The minimum Gasteiger partial charge on any atom is -0.481 e. The van der Waals surface area contributed by atoms with Crippen molar-refractivity contribution in [1.82, 2.24) is 5.32 Å². The first-order valence-electron chi connectivity index (χ1n) is 6.52. The van der Waals surface area contributed by atoms with Gasteiger partial charge >= 0.3 is 23.9 Å². The number of carboxylic acids is 4. The third-order valence-electron chi connectivity index (χ3n) is 2.92. The van der Waals surface area contributed by atoms with Crippen molar-refractivity contribution in [3.05, 3.63) is 0 Å². The molecule has 0 saturated carbocycles. The molecule has 0 unspecified atom stereocenters. The van der Waals surface area contributed by atoms with Crippen LogP contribution in [-0.4, -0.2) is 62.3 Å². The van der Waals surface area contributed by atoms with Crippen molar-refractivity contribution in [2.45, 2.75) is 37.8 Å². The third kappa shape index (κ3) is 7.76. The summed E-state index contributed by atoms with van der Waals surface area (Å²) in [4.78, 5) is 54.6. The van der Waals surface area contributed by atoms with Crippen LogP contribution >= 0.6 is 0 Å². The van der Waals surface area contributed by atoms with Gasteiger partial charge in [-0.05, 0) is 12.8 Å². The summed E-state index contributed by atoms with van der Waals surface area (Å²) in [6.45, 7) is 0. The SMILES string of the molecule is N[C@@H](CCCC(=O)O)C(=O)N[C@H](CC(C(=O)O)C(=O)O)C(=O)O. The van der Waals surface area contributed by atoms with E-state index in [1.54, 1.807) is 0 Å². The van der Waals surface area contributed by atoms with E-state index in [2.05, 4.69) is 0 Å². The maximum atomic E-state index is 11.7. The predicted octanol–water partition coefficient (Wildman–Crippen LogP) is -1.69. The average Bonchev–Trinajstić information content (AvgIpc) is 2.41. The molecule has 0 fully saturated rings. The van der Waals surface area contributed by atoms with Gasteiger partial charge in [-0.1, -0.05) is 0 Å². The van der Waals surface area contributed by atoms with Gasteiger partial charge in [0.1, 0.15) is 6.04 Å². The molecule has 130 valence electrons. The topological polar surface area (TPSA) is 204 Å². The van der Waals surface area contributed by atoms with Crippen molar-refractivity contribution in [3.63, 3.8) is 0 Å². The molecule has 0 saturated heterocycles. The van der Waals surface area contributed by atoms with Crippen LogP contribution in [0.2, 0.25) is 0 Å². The normalized spacial score (nSPS) is 13.1. The molecule has 11 heteroatoms. The first-order chi connectivity index (χ1) is 10.6. The van der Waals surface area contributed by atoms with Gasteiger partial charge in [0.05, 0.1) is 6.04 Å². The fourth-order valence-electron chi connectivity index (χ4n) is 1.65. The van der Waals surface area contributed by atoms with Gasteiger partial charge in [-0.15, -0.1) is 0 Å². The molecule has 0 aliphatic carbocycles. The summed E-state index contributed by atoms with van der Waals surface area (Å²) in [5.74, 6) is -9.08. The lowest BCUT2D eigenvalue weighted by molar-refractivity contribution is -0.156. The standard InChI is InChI=1S/C12H18N2O9/c13-6(2-1-3-8(15)16)9(17)14-7(12(22)23)4-5(10(18)19)11(20)21/h5-7H,1-4,13H2,(H,14,17)(H,15,16)(H,18,19)(H,20,21)(H,22,23)/t6-,7+/m0/s1. The van der Waals surface area contributed by atoms with Crippen molar-refractivity contribution >= 4 is 29.8 Å². The number of nitrogens with one attached hydrogen (secondary N) is 1. The Labute approximate surface area is 130 Å². The molecule has 0 aromatic rings. The fourth-order valence-corrected chi connectivity index (χ4v) is 1.65. The first-order valence-corrected chi connectivity index (χ1v) is 6.52. The highest BCUT2D eigenvalue weighted by atomic mass is 16.4. The molecule has 23 heavy (non-hydrogen) atoms. The molecule has 0 aromatic heterocycles. The Morgan fingerprint density at radius 3 is 1.83 bits per heavy atom. The molecule has 0 aromatic carbocycles. The molecule has 0 heterocycles. The van der Waals surface area contributed by atoms with E-state index in [4.69, 9.17) is 26.2 Å². The van der Waals surface area contributed by atoms with E-state index < -0.39 is 54.2 Å². The quantitative estimate of drug-likeness (QED) is 0.236. The van der Waals surface area contributed by atoms with Crippen molar-refractivity contribution < 1.29 is 44.4 Å². The van der Waals surface area contributed by atoms with E-state index in [-0.39, 0.29) is 19.3 Å². The van der Waals surface area contributed by atoms with Crippen LogP contribution in [0.3, 0.4) is 0 Å². The van der Waals surface area contributed by atoms with Crippen LogP contribution in [0.15, 0.2) is 0 Å². The molecule has 11 nitrogen and oxygen atoms in total. The highest BCUT2D eigenvalue weighted by Gasteiger charge is 2.33. The molecule has 0 rings (SSSR count). The highest BCUT2D eigenvalue weighted by molar-refractivity contribution is 5.94. The zero-order valence-electron chi connectivity index (χ0n) is 12.0. The minimum absolute atomic E-state index is 0.0221. The molecule has 0 radical (unpaired) electrons. The van der Waals surface area contributed by atoms with Crippen LogP contribution in [0.25, 0.3) is 0 Å². The third-order valence-corrected chi connectivity index (χ3v) is 2.92. The second kappa shape index (κ2) is 9.35. The van der Waals surface area contributed by atoms with Crippen molar-refractivity contribution in [2.75, 3.05) is 0 Å². The van der Waals surface area contributed by atoms with E-state index >= 15 is 0 Å². The van der Waals surface area contributed by atoms with E-state index in [9.17, 15) is 24.0 Å². The van der Waals surface area contributed by atoms with Gasteiger partial charge in [0.2, 0.25) is 5.91 Å². The second-order valence-electron chi connectivity index (χ2n) is 4.76. The Bertz CT molecular complexity index is 477. The molecular formula is C12H18N2O9. The lowest BCUT2D eigenvalue weighted by atomic mass is 9.99. The second-order valence-corrected chi connectivity index (χ2v) is 4.76. The molecule has 0 aliphatic heterocycles. The predicted molar refractivity (Wildman–Crippen MR) is 72.4 cm³/mol. The minimum atomic E-state index is -2.00. The van der Waals surface area contributed by atoms with E-state index in [0.29, 0.717) is 0 Å². The number of aliphatic carboxylic acids is 4. The molecule has 7 N–H and O–H groups in total. The van der Waals surface area contributed by atoms with Crippen LogP contribution in [0, 0.1) is 5.92 Å². The summed E-state index contributed by atoms with van der Waals surface area (Å²) in [5, 5.41) is 36.8. The van der Waals surface area contributed by atoms with Crippen LogP contribution in [0.1, 0.15) is 25.7 Å². The number of nitrogens with two attached hydrogens (primary N) is 1. The maximum absolute atomic E-state index is 11.7. The summed E-state index contributed by atoms with van der Waals surface area (Å²) in [7, 11) is 0. The Kier molecular flexibility index (Phi) is 8.26. The summed E-state index contributed by atoms with van der Waals surface area (Å²) < 4.78 is 0. The monoisotopic (exact) mass is 334 g/mol. The van der Waals surface area contributed by atoms with Gasteiger partial charge in [0.25, 0.3) is 0 Å². The number of rotatable bonds is 11. The fraction of sp³-hybridized carbons (Fsp3) is 0.583. The average molecular weight is 334 g/mol. The maximum Gasteiger partial charge on any atom is 0.326 e. The summed E-state index contributed by atoms with van der Waals surface area (Å²) >= 11 is 0. The molecule has 2 atom stereocenters. The Morgan fingerprint density at radius 2 is 1.43 bits per heavy atom. The van der Waals surface area contributed by atoms with Gasteiger partial charge in [0, 0.05) is 12.8 Å². The van der Waals surface area contributed by atoms with Gasteiger partial charge in [-0.2, -0.15) is 0 Å². The summed E-state index contributed by atoms with van der Waals surface area (Å²) in [6.07, 6.45) is -1.00. The molecule has 0 spiro atoms. The first kappa shape index (κ1) is 20.3. The summed E-state index contributed by atoms with van der Waals surface area (Å²) in [5.41, 5.74) is 5.47. The lowest BCUT2D eigenvalue weighted by Gasteiger charge is -2.19. The van der Waals surface area contributed by atoms with Gasteiger partial charge in [-0.25, -0.2) is 4.79 Å². The van der Waals surface area contributed by atoms with Crippen LogP contribution in [0.4, 0.5) is 0 Å². The Balaban J connectivity index is 4.71. The van der Waals surface area contributed by atoms with Crippen LogP contribution < -0.4 is 11.1 Å². The largest absolute Gasteiger partial charge is 0.481 e. The molecule has 1 amide bonds. The van der Waals surface area contributed by atoms with Crippen molar-refractivity contribution in [2.24, 2.45) is 11.7 Å². The lowest BCUT2D eigenvalue weighted by Crippen LogP contribution is -2.50. The number of hydrogen-bond donors (Lipinski definition) is 6. The zero-order chi connectivity index (χ0) is 18.2. The molecule has 0 bridgehead atoms. The molecular weight excluding hydrogens is 316 g/mol. The van der Waals surface area contributed by atoms with Crippen molar-refractivity contribution in [3.8, 4) is 0 Å². The van der Waals surface area contributed by atoms with E-state index in [1.807, 2.05) is 5.32 Å². The molecule has 0 aliphatic rings. The Hall–Kier alpha value is -2.69. The number of carboxylic acid groups (broad SMARTS) is 4. The van der Waals surface area contributed by atoms with Gasteiger partial charge in [-0.3, -0.25) is 19.2 Å². The number of carbonyl (C=O) groups is 5. The number of amides is 1. The van der Waals surface area contributed by atoms with E-state index in [0.717, 1.165) is 0 Å². The van der Waals surface area contributed by atoms with Crippen LogP contribution in [-0.2, 0) is 24.0 Å². The smallest absolute Gasteiger partial charge is 0.326 e. The van der Waals surface area contributed by atoms with Crippen molar-refractivity contribution in [1.29, 1.82) is 0 Å². The highest BCUT2D eigenvalue weighted by Crippen LogP contribution is 2.09. The number of carbonyl (C=O) groups excluding carboxylic acids is 1. The van der Waals surface area contributed by atoms with Gasteiger partial charge < -0.3 is 31.5 Å². The Morgan fingerprint density at radius 1 is 0.913 bits per heavy atom. The zero-order valence-corrected chi connectivity index (χ0v) is 12.0. The summed E-state index contributed by atoms with van der Waals surface area (Å²) in [6, 6.07) is -2.94. The number of hydrogen-bond acceptors (Lipinski definition) is 6.